The predicted molar refractivity (Wildman–Crippen MR) is 153 cm³/mol. The number of hydrogen-bond acceptors (Lipinski definition) is 9. The Kier molecular flexibility index (Phi) is 6.78. The molecule has 0 unspecified atom stereocenters. The zero-order valence-electron chi connectivity index (χ0n) is 21.8. The fraction of sp³-hybridized carbons (Fsp3) is 0.0968. The first-order valence-electron chi connectivity index (χ1n) is 12.5. The van der Waals surface area contributed by atoms with E-state index in [0.29, 0.717) is 45.9 Å². The van der Waals surface area contributed by atoms with Crippen molar-refractivity contribution in [3.05, 3.63) is 96.8 Å². The molecule has 40 heavy (non-hydrogen) atoms. The number of aliphatic hydroxyl groups excluding tert-OH is 1. The number of benzene rings is 3. The molecule has 6 aromatic rings. The van der Waals surface area contributed by atoms with Crippen LogP contribution in [0, 0.1) is 0 Å². The second kappa shape index (κ2) is 10.8. The maximum Gasteiger partial charge on any atom is 0.162 e. The number of ether oxygens (including phenoxy) is 3. The Hall–Kier alpha value is -5.28. The molecule has 0 spiro atoms. The van der Waals surface area contributed by atoms with Gasteiger partial charge < -0.3 is 24.6 Å². The minimum Gasteiger partial charge on any atom is -0.493 e. The molecule has 0 radical (unpaired) electrons. The first-order valence-corrected chi connectivity index (χ1v) is 12.5. The number of methoxy groups -OCH3 is 2. The van der Waals surface area contributed by atoms with Crippen LogP contribution in [0.1, 0.15) is 5.69 Å². The van der Waals surface area contributed by atoms with Crippen LogP contribution in [0.4, 0.5) is 11.5 Å². The van der Waals surface area contributed by atoms with Gasteiger partial charge in [0, 0.05) is 34.1 Å². The van der Waals surface area contributed by atoms with Gasteiger partial charge in [-0.05, 0) is 48.5 Å². The highest BCUT2D eigenvalue weighted by Crippen LogP contribution is 2.37. The highest BCUT2D eigenvalue weighted by atomic mass is 16.5. The quantitative estimate of drug-likeness (QED) is 0.234. The maximum absolute atomic E-state index is 9.49. The topological polar surface area (TPSA) is 112 Å². The molecule has 3 aromatic carbocycles. The molecular formula is C31H25N5O4. The van der Waals surface area contributed by atoms with E-state index in [9.17, 15) is 5.11 Å². The summed E-state index contributed by atoms with van der Waals surface area (Å²) in [6.45, 7) is -0.140. The lowest BCUT2D eigenvalue weighted by Crippen LogP contribution is -2.00. The number of anilines is 2. The highest BCUT2D eigenvalue weighted by molar-refractivity contribution is 6.00. The Morgan fingerprint density at radius 1 is 0.750 bits per heavy atom. The van der Waals surface area contributed by atoms with Crippen molar-refractivity contribution in [2.75, 3.05) is 19.5 Å². The van der Waals surface area contributed by atoms with Crippen LogP contribution in [0.25, 0.3) is 33.1 Å². The molecule has 198 valence electrons. The van der Waals surface area contributed by atoms with Crippen molar-refractivity contribution < 1.29 is 19.3 Å². The molecule has 9 heteroatoms. The number of aromatic nitrogens is 4. The minimum atomic E-state index is -0.140. The van der Waals surface area contributed by atoms with Crippen molar-refractivity contribution in [3.8, 4) is 34.4 Å². The largest absolute Gasteiger partial charge is 0.493 e. The number of rotatable bonds is 8. The molecule has 3 heterocycles. The standard InChI is InChI=1S/C31H25N5O4/c1-38-28-16-24-26(17-29(28)39-2)32-15-14-27(24)40-21-12-10-19(11-13-21)34-31-23-8-4-3-7-22(23)30(35-36-31)25-9-5-6-20(18-37)33-25/h3-17,37H,18H2,1-2H3,(H,34,36). The molecule has 2 N–H and O–H groups in total. The van der Waals surface area contributed by atoms with E-state index in [2.05, 4.69) is 25.5 Å². The molecule has 9 nitrogen and oxygen atoms in total. The van der Waals surface area contributed by atoms with Crippen LogP contribution in [0.2, 0.25) is 0 Å². The fourth-order valence-corrected chi connectivity index (χ4v) is 4.49. The summed E-state index contributed by atoms with van der Waals surface area (Å²) in [6.07, 6.45) is 1.70. The van der Waals surface area contributed by atoms with Gasteiger partial charge in [0.2, 0.25) is 0 Å². The van der Waals surface area contributed by atoms with Gasteiger partial charge in [-0.3, -0.25) is 4.98 Å². The van der Waals surface area contributed by atoms with Crippen molar-refractivity contribution in [1.29, 1.82) is 0 Å². The summed E-state index contributed by atoms with van der Waals surface area (Å²) in [6, 6.07) is 26.4. The lowest BCUT2D eigenvalue weighted by molar-refractivity contribution is 0.277. The van der Waals surface area contributed by atoms with Gasteiger partial charge in [-0.25, -0.2) is 4.98 Å². The summed E-state index contributed by atoms with van der Waals surface area (Å²) >= 11 is 0. The van der Waals surface area contributed by atoms with Crippen LogP contribution in [0.5, 0.6) is 23.0 Å². The number of hydrogen-bond donors (Lipinski definition) is 2. The zero-order valence-corrected chi connectivity index (χ0v) is 21.8. The number of fused-ring (bicyclic) bond motifs is 2. The number of pyridine rings is 2. The first kappa shape index (κ1) is 25.0. The number of nitrogens with zero attached hydrogens (tertiary/aromatic N) is 4. The van der Waals surface area contributed by atoms with Crippen molar-refractivity contribution in [2.45, 2.75) is 6.61 Å². The molecule has 6 rings (SSSR count). The molecule has 0 amide bonds. The van der Waals surface area contributed by atoms with Crippen LogP contribution in [-0.2, 0) is 6.61 Å². The Labute approximate surface area is 230 Å². The Morgan fingerprint density at radius 3 is 2.30 bits per heavy atom. The summed E-state index contributed by atoms with van der Waals surface area (Å²) in [7, 11) is 3.19. The van der Waals surface area contributed by atoms with Gasteiger partial charge in [0.05, 0.1) is 37.7 Å². The van der Waals surface area contributed by atoms with E-state index in [4.69, 9.17) is 14.2 Å². The first-order chi connectivity index (χ1) is 19.7. The third-order valence-electron chi connectivity index (χ3n) is 6.45. The molecule has 0 aliphatic rings. The van der Waals surface area contributed by atoms with E-state index in [1.54, 1.807) is 26.5 Å². The van der Waals surface area contributed by atoms with Gasteiger partial charge in [-0.1, -0.05) is 30.3 Å². The van der Waals surface area contributed by atoms with Gasteiger partial charge >= 0.3 is 0 Å². The van der Waals surface area contributed by atoms with Gasteiger partial charge in [0.1, 0.15) is 17.2 Å². The van der Waals surface area contributed by atoms with Crippen molar-refractivity contribution in [2.24, 2.45) is 0 Å². The van der Waals surface area contributed by atoms with E-state index < -0.39 is 0 Å². The fourth-order valence-electron chi connectivity index (χ4n) is 4.49. The van der Waals surface area contributed by atoms with E-state index in [-0.39, 0.29) is 6.61 Å². The molecule has 0 aliphatic carbocycles. The summed E-state index contributed by atoms with van der Waals surface area (Å²) in [5.74, 6) is 3.14. The summed E-state index contributed by atoms with van der Waals surface area (Å²) in [5, 5.41) is 24.4. The van der Waals surface area contributed by atoms with Gasteiger partial charge in [-0.15, -0.1) is 10.2 Å². The normalized spacial score (nSPS) is 11.0. The smallest absolute Gasteiger partial charge is 0.162 e. The van der Waals surface area contributed by atoms with Crippen molar-refractivity contribution in [3.63, 3.8) is 0 Å². The minimum absolute atomic E-state index is 0.140. The van der Waals surface area contributed by atoms with Crippen molar-refractivity contribution in [1.82, 2.24) is 20.2 Å². The second-order valence-corrected chi connectivity index (χ2v) is 8.90. The highest BCUT2D eigenvalue weighted by Gasteiger charge is 2.14. The van der Waals surface area contributed by atoms with E-state index >= 15 is 0 Å². The average Bonchev–Trinajstić information content (AvgIpc) is 3.01. The SMILES string of the molecule is COc1cc2nccc(Oc3ccc(Nc4nnc(-c5cccc(CO)n5)c5ccccc45)cc3)c2cc1OC. The average molecular weight is 532 g/mol. The van der Waals surface area contributed by atoms with Gasteiger partial charge in [-0.2, -0.15) is 0 Å². The summed E-state index contributed by atoms with van der Waals surface area (Å²) < 4.78 is 17.1. The van der Waals surface area contributed by atoms with Gasteiger partial charge in [0.15, 0.2) is 17.3 Å². The van der Waals surface area contributed by atoms with Crippen LogP contribution >= 0.6 is 0 Å². The molecule has 0 saturated heterocycles. The molecule has 0 aliphatic heterocycles. The maximum atomic E-state index is 9.49. The molecule has 0 atom stereocenters. The Bertz CT molecular complexity index is 1830. The van der Waals surface area contributed by atoms with Crippen LogP contribution in [-0.4, -0.2) is 39.5 Å². The summed E-state index contributed by atoms with van der Waals surface area (Å²) in [5.41, 5.74) is 3.44. The van der Waals surface area contributed by atoms with Crippen molar-refractivity contribution >= 4 is 33.2 Å². The van der Waals surface area contributed by atoms with Gasteiger partial charge in [0.25, 0.3) is 0 Å². The lowest BCUT2D eigenvalue weighted by Gasteiger charge is -2.13. The van der Waals surface area contributed by atoms with Crippen LogP contribution in [0.3, 0.4) is 0 Å². The second-order valence-electron chi connectivity index (χ2n) is 8.90. The number of nitrogens with one attached hydrogen (secondary N) is 1. The third-order valence-corrected chi connectivity index (χ3v) is 6.45. The number of aliphatic hydroxyl groups is 1. The van der Waals surface area contributed by atoms with E-state index in [1.165, 1.54) is 0 Å². The molecule has 0 bridgehead atoms. The molecular weight excluding hydrogens is 506 g/mol. The zero-order chi connectivity index (χ0) is 27.5. The van der Waals surface area contributed by atoms with Crippen LogP contribution in [0.15, 0.2) is 91.1 Å². The van der Waals surface area contributed by atoms with Crippen LogP contribution < -0.4 is 19.5 Å². The van der Waals surface area contributed by atoms with E-state index in [1.807, 2.05) is 78.9 Å². The predicted octanol–water partition coefficient (Wildman–Crippen LogP) is 6.29. The third kappa shape index (κ3) is 4.81. The summed E-state index contributed by atoms with van der Waals surface area (Å²) in [4.78, 5) is 8.94. The molecule has 0 fully saturated rings. The Balaban J connectivity index is 1.27. The lowest BCUT2D eigenvalue weighted by atomic mass is 10.1. The molecule has 0 saturated carbocycles. The monoisotopic (exact) mass is 531 g/mol. The molecule has 3 aromatic heterocycles. The van der Waals surface area contributed by atoms with E-state index in [0.717, 1.165) is 27.4 Å². The Morgan fingerprint density at radius 2 is 1.52 bits per heavy atom.